The van der Waals surface area contributed by atoms with Crippen LogP contribution >= 0.6 is 47.0 Å². The Morgan fingerprint density at radius 3 is 1.07 bits per heavy atom. The Balaban J connectivity index is 0.824. The van der Waals surface area contributed by atoms with Gasteiger partial charge in [-0.1, -0.05) is 184 Å². The van der Waals surface area contributed by atoms with Gasteiger partial charge >= 0.3 is 0 Å². The number of hydrogen-bond donors (Lipinski definition) is 0. The second-order valence-electron chi connectivity index (χ2n) is 19.8. The van der Waals surface area contributed by atoms with Crippen molar-refractivity contribution in [2.24, 2.45) is 0 Å². The largest absolute Gasteiger partial charge is 0.455 e. The maximum atomic E-state index is 7.15. The molecule has 0 fully saturated rings. The van der Waals surface area contributed by atoms with E-state index in [0.717, 1.165) is 78.0 Å². The molecular formula is C66H38B2N2O2S4. The normalized spacial score (nSPS) is 13.5. The highest BCUT2D eigenvalue weighted by molar-refractivity contribution is 8.02. The molecular weight excluding hydrogens is 1000 g/mol. The third-order valence-corrected chi connectivity index (χ3v) is 20.3. The molecule has 11 aromatic carbocycles. The van der Waals surface area contributed by atoms with E-state index in [9.17, 15) is 0 Å². The lowest BCUT2D eigenvalue weighted by Gasteiger charge is -2.36. The summed E-state index contributed by atoms with van der Waals surface area (Å²) in [6, 6.07) is 83.9. The zero-order valence-electron chi connectivity index (χ0n) is 40.4. The minimum atomic E-state index is 0.0429. The average Bonchev–Trinajstić information content (AvgIpc) is 4.09. The van der Waals surface area contributed by atoms with Crippen molar-refractivity contribution in [1.82, 2.24) is 0 Å². The molecule has 13 aromatic rings. The number of fused-ring (bicyclic) bond motifs is 16. The van der Waals surface area contributed by atoms with E-state index >= 15 is 0 Å². The summed E-state index contributed by atoms with van der Waals surface area (Å²) in [4.78, 5) is 14.9. The van der Waals surface area contributed by atoms with Gasteiger partial charge in [0.1, 0.15) is 22.3 Å². The van der Waals surface area contributed by atoms with E-state index in [-0.39, 0.29) is 13.4 Å². The number of para-hydroxylation sites is 4. The Kier molecular flexibility index (Phi) is 9.61. The van der Waals surface area contributed by atoms with Gasteiger partial charge in [-0.25, -0.2) is 0 Å². The van der Waals surface area contributed by atoms with E-state index in [4.69, 9.17) is 8.83 Å². The van der Waals surface area contributed by atoms with Gasteiger partial charge in [0.25, 0.3) is 0 Å². The summed E-state index contributed by atoms with van der Waals surface area (Å²) in [7, 11) is 0. The predicted molar refractivity (Wildman–Crippen MR) is 322 cm³/mol. The van der Waals surface area contributed by atoms with Gasteiger partial charge < -0.3 is 18.6 Å². The lowest BCUT2D eigenvalue weighted by molar-refractivity contribution is 0.660. The molecule has 0 unspecified atom stereocenters. The molecule has 4 nitrogen and oxygen atoms in total. The highest BCUT2D eigenvalue weighted by Crippen LogP contribution is 2.50. The van der Waals surface area contributed by atoms with Crippen LogP contribution in [0.25, 0.3) is 43.9 Å². The second-order valence-corrected chi connectivity index (χ2v) is 24.1. The van der Waals surface area contributed by atoms with Crippen LogP contribution < -0.4 is 42.6 Å². The zero-order chi connectivity index (χ0) is 49.6. The summed E-state index contributed by atoms with van der Waals surface area (Å²) >= 11 is 7.58. The Hall–Kier alpha value is -7.85. The summed E-state index contributed by atoms with van der Waals surface area (Å²) in [6.45, 7) is 0.0857. The molecule has 0 saturated carbocycles. The monoisotopic (exact) mass is 1040 g/mol. The molecule has 6 heterocycles. The van der Waals surface area contributed by atoms with Crippen molar-refractivity contribution in [2.45, 2.75) is 39.2 Å². The molecule has 0 radical (unpaired) electrons. The highest BCUT2D eigenvalue weighted by atomic mass is 32.2. The maximum Gasteiger partial charge on any atom is 0.247 e. The first-order valence-corrected chi connectivity index (χ1v) is 28.9. The Bertz CT molecular complexity index is 4200. The first-order chi connectivity index (χ1) is 37.7. The number of furan rings is 2. The Morgan fingerprint density at radius 2 is 0.658 bits per heavy atom. The van der Waals surface area contributed by atoms with E-state index in [1.165, 1.54) is 71.9 Å². The topological polar surface area (TPSA) is 32.8 Å². The van der Waals surface area contributed by atoms with Gasteiger partial charge in [-0.05, 0) is 114 Å². The molecule has 0 amide bonds. The lowest BCUT2D eigenvalue weighted by Crippen LogP contribution is -2.62. The number of benzene rings is 11. The summed E-state index contributed by atoms with van der Waals surface area (Å²) in [5.74, 6) is 0. The molecule has 10 heteroatoms. The molecule has 0 saturated heterocycles. The van der Waals surface area contributed by atoms with Crippen LogP contribution in [0.3, 0.4) is 0 Å². The number of hydrogen-bond acceptors (Lipinski definition) is 8. The molecule has 0 spiro atoms. The van der Waals surface area contributed by atoms with Crippen LogP contribution in [0.2, 0.25) is 0 Å². The van der Waals surface area contributed by atoms with Gasteiger partial charge in [-0.3, -0.25) is 0 Å². The molecule has 17 rings (SSSR count). The van der Waals surface area contributed by atoms with Gasteiger partial charge in [0.2, 0.25) is 13.4 Å². The van der Waals surface area contributed by atoms with Crippen molar-refractivity contribution < 1.29 is 8.83 Å². The highest BCUT2D eigenvalue weighted by Gasteiger charge is 2.44. The first kappa shape index (κ1) is 43.4. The number of rotatable bonds is 6. The standard InChI is InChI=1S/C66H38B2N2O2S4/c1-5-17-39(18-6-1)69(40-19-7-2-8-20-40)43-29-31-45-47-35-59-61-65(63(47)71-53(45)33-43)75-55-27-15-13-25-49(55)67(61)51-37-52-58(38-57(51)73-59)74-60-36-48-46-32-30-44(70(41-21-9-3-10-22-41)42-23-11-4-12-24-42)34-54(46)72-64(48)66-62(60)68(52)50-26-14-16-28-56(50)76-66/h1-38H. The number of nitrogens with zero attached hydrogens (tertiary/aromatic N) is 2. The quantitative estimate of drug-likeness (QED) is 0.152. The fraction of sp³-hybridized carbons (Fsp3) is 0. The summed E-state index contributed by atoms with van der Waals surface area (Å²) < 4.78 is 14.3. The third kappa shape index (κ3) is 6.48. The van der Waals surface area contributed by atoms with E-state index in [2.05, 4.69) is 240 Å². The Morgan fingerprint density at radius 1 is 0.276 bits per heavy atom. The first-order valence-electron chi connectivity index (χ1n) is 25.6. The third-order valence-electron chi connectivity index (χ3n) is 15.6. The van der Waals surface area contributed by atoms with Gasteiger partial charge in [0, 0.05) is 97.2 Å². The number of anilines is 6. The SMILES string of the molecule is c1ccc(N(c2ccccc2)c2ccc3c(c2)oc2c4c5c(cc23)Sc2cc3c(cc2B5c2ccccc2S4)B2c4ccccc4Sc4c2c(cc2c4oc4cc(N(c5ccccc5)c5ccccc5)ccc42)S3)cc1. The molecule has 354 valence electrons. The molecule has 4 aliphatic rings. The molecule has 76 heavy (non-hydrogen) atoms. The zero-order valence-corrected chi connectivity index (χ0v) is 43.7. The van der Waals surface area contributed by atoms with Crippen molar-refractivity contribution in [3.63, 3.8) is 0 Å². The van der Waals surface area contributed by atoms with Gasteiger partial charge in [-0.15, -0.1) is 0 Å². The minimum Gasteiger partial charge on any atom is -0.455 e. The van der Waals surface area contributed by atoms with Crippen molar-refractivity contribution in [2.75, 3.05) is 9.80 Å². The van der Waals surface area contributed by atoms with Crippen LogP contribution in [0, 0.1) is 0 Å². The van der Waals surface area contributed by atoms with Crippen molar-refractivity contribution in [3.8, 4) is 0 Å². The van der Waals surface area contributed by atoms with E-state index in [0.29, 0.717) is 0 Å². The van der Waals surface area contributed by atoms with Gasteiger partial charge in [-0.2, -0.15) is 0 Å². The van der Waals surface area contributed by atoms with Crippen molar-refractivity contribution in [3.05, 3.63) is 231 Å². The van der Waals surface area contributed by atoms with Crippen LogP contribution in [0.4, 0.5) is 34.1 Å². The predicted octanol–water partition coefficient (Wildman–Crippen LogP) is 15.3. The summed E-state index contributed by atoms with van der Waals surface area (Å²) in [5.41, 5.74) is 18.4. The van der Waals surface area contributed by atoms with Crippen LogP contribution in [-0.4, -0.2) is 13.4 Å². The van der Waals surface area contributed by atoms with Crippen LogP contribution in [0.15, 0.2) is 279 Å². The van der Waals surface area contributed by atoms with E-state index < -0.39 is 0 Å². The minimum absolute atomic E-state index is 0.0429. The molecule has 0 N–H and O–H groups in total. The molecule has 4 aliphatic heterocycles. The fourth-order valence-corrected chi connectivity index (χ4v) is 17.5. The summed E-state index contributed by atoms with van der Waals surface area (Å²) in [6.07, 6.45) is 0. The smallest absolute Gasteiger partial charge is 0.247 e. The summed E-state index contributed by atoms with van der Waals surface area (Å²) in [5, 5.41) is 4.57. The van der Waals surface area contributed by atoms with Crippen molar-refractivity contribution in [1.29, 1.82) is 0 Å². The lowest BCUT2D eigenvalue weighted by atomic mass is 9.33. The fourth-order valence-electron chi connectivity index (χ4n) is 12.4. The van der Waals surface area contributed by atoms with E-state index in [1.807, 2.05) is 47.0 Å². The molecule has 0 aliphatic carbocycles. The Labute approximate surface area is 456 Å². The maximum absolute atomic E-state index is 7.15. The van der Waals surface area contributed by atoms with Crippen molar-refractivity contribution >= 4 is 171 Å². The second kappa shape index (κ2) is 16.8. The molecule has 0 atom stereocenters. The molecule has 0 bridgehead atoms. The van der Waals surface area contributed by atoms with E-state index in [1.54, 1.807) is 0 Å². The van der Waals surface area contributed by atoms with Crippen LogP contribution in [0.1, 0.15) is 0 Å². The van der Waals surface area contributed by atoms with Crippen LogP contribution in [-0.2, 0) is 0 Å². The molecule has 2 aromatic heterocycles. The van der Waals surface area contributed by atoms with Crippen LogP contribution in [0.5, 0.6) is 0 Å². The average molecular weight is 1040 g/mol. The van der Waals surface area contributed by atoms with Gasteiger partial charge in [0.05, 0.1) is 9.79 Å². The van der Waals surface area contributed by atoms with Gasteiger partial charge in [0.15, 0.2) is 0 Å².